The van der Waals surface area contributed by atoms with Crippen molar-refractivity contribution in [2.24, 2.45) is 0 Å². The van der Waals surface area contributed by atoms with Gasteiger partial charge in [-0.3, -0.25) is 0 Å². The van der Waals surface area contributed by atoms with Crippen LogP contribution in [0.15, 0.2) is 182 Å². The fraction of sp³-hybridized carbons (Fsp3) is 0.250. The van der Waals surface area contributed by atoms with Gasteiger partial charge in [0.1, 0.15) is 46.0 Å². The van der Waals surface area contributed by atoms with Crippen molar-refractivity contribution in [2.45, 2.75) is 111 Å². The normalized spacial score (nSPS) is 12.1. The van der Waals surface area contributed by atoms with E-state index in [1.807, 2.05) is 196 Å². The predicted molar refractivity (Wildman–Crippen MR) is 327 cm³/mol. The minimum Gasteiger partial charge on any atom is -0.456 e. The third kappa shape index (κ3) is 12.0. The summed E-state index contributed by atoms with van der Waals surface area (Å²) in [6.45, 7) is 32.0. The molecule has 0 N–H and O–H groups in total. The van der Waals surface area contributed by atoms with Crippen LogP contribution in [0, 0.1) is 0 Å². The molecule has 380 valence electrons. The van der Waals surface area contributed by atoms with E-state index in [9.17, 15) is 0 Å². The van der Waals surface area contributed by atoms with Crippen molar-refractivity contribution in [1.82, 2.24) is 0 Å². The van der Waals surface area contributed by atoms with Crippen LogP contribution in [-0.2, 0) is 23.6 Å². The summed E-state index contributed by atoms with van der Waals surface area (Å²) >= 11 is 13.0. The van der Waals surface area contributed by atoms with Crippen LogP contribution in [0.25, 0.3) is 22.3 Å². The lowest BCUT2D eigenvalue weighted by molar-refractivity contribution is 0.466. The molecule has 12 rings (SSSR count). The van der Waals surface area contributed by atoms with Crippen molar-refractivity contribution in [3.05, 3.63) is 182 Å². The van der Waals surface area contributed by atoms with Gasteiger partial charge in [-0.25, -0.2) is 0 Å². The highest BCUT2D eigenvalue weighted by Crippen LogP contribution is 2.60. The molecule has 0 amide bonds. The maximum Gasteiger partial charge on any atom is 0.140 e. The van der Waals surface area contributed by atoms with Crippen molar-refractivity contribution >= 4 is 67.5 Å². The van der Waals surface area contributed by atoms with Gasteiger partial charge >= 0.3 is 0 Å². The Hall–Kier alpha value is -5.74. The van der Waals surface area contributed by atoms with E-state index < -0.39 is 12.1 Å². The van der Waals surface area contributed by atoms with E-state index in [1.165, 1.54) is 0 Å². The quantitative estimate of drug-likeness (QED) is 0.161. The van der Waals surface area contributed by atoms with Crippen LogP contribution in [0.2, 0.25) is 0 Å². The fourth-order valence-corrected chi connectivity index (χ4v) is 17.1. The van der Waals surface area contributed by atoms with Crippen molar-refractivity contribution in [2.75, 3.05) is 0 Å². The zero-order valence-electron chi connectivity index (χ0n) is 45.7. The molecule has 4 aliphatic heterocycles. The molecule has 0 unspecified atom stereocenters. The lowest BCUT2D eigenvalue weighted by Crippen LogP contribution is -2.35. The zero-order valence-corrected chi connectivity index (χ0v) is 49.1. The van der Waals surface area contributed by atoms with Crippen LogP contribution in [0.3, 0.4) is 0 Å². The molecule has 0 fully saturated rings. The Bertz CT molecular complexity index is 2820. The number of hydrogen-bond donors (Lipinski definition) is 0. The molecule has 8 aromatic carbocycles. The molecule has 72 heavy (non-hydrogen) atoms. The molecule has 0 bridgehead atoms. The van der Waals surface area contributed by atoms with Gasteiger partial charge in [-0.1, -0.05) is 244 Å². The summed E-state index contributed by atoms with van der Waals surface area (Å²) in [7, 11) is 0. The minimum absolute atomic E-state index is 0.802. The maximum atomic E-state index is 6.73. The maximum absolute atomic E-state index is 6.73. The molecule has 8 aromatic rings. The van der Waals surface area contributed by atoms with Crippen molar-refractivity contribution < 1.29 is 18.9 Å². The smallest absolute Gasteiger partial charge is 0.140 e. The summed E-state index contributed by atoms with van der Waals surface area (Å²) in [5.41, 5.74) is 4.61. The zero-order chi connectivity index (χ0) is 53.4. The van der Waals surface area contributed by atoms with Crippen LogP contribution in [0.1, 0.15) is 111 Å². The van der Waals surface area contributed by atoms with Crippen LogP contribution >= 0.6 is 12.1 Å². The van der Waals surface area contributed by atoms with Gasteiger partial charge in [-0.15, -0.1) is 0 Å². The molecule has 0 saturated heterocycles. The highest BCUT2D eigenvalue weighted by atomic mass is 32.4. The first kappa shape index (κ1) is 60.6. The SMILES string of the molecule is CC.CC.CC.CC.CC.CC.CC.CC.S=P12c3cc(-c4ccccc4)ccc3Oc3cccc(c31)Oc1ccc(-c3ccccc3)cc12.S=P12c3ccccc3Oc3cccc(c31)Oc1ccccc12. The molecule has 0 radical (unpaired) electrons. The molecule has 0 atom stereocenters. The van der Waals surface area contributed by atoms with Gasteiger partial charge in [-0.2, -0.15) is 0 Å². The predicted octanol–water partition coefficient (Wildman–Crippen LogP) is 18.9. The molecule has 8 heteroatoms. The van der Waals surface area contributed by atoms with Gasteiger partial charge in [0, 0.05) is 21.2 Å². The van der Waals surface area contributed by atoms with Crippen LogP contribution < -0.4 is 50.8 Å². The first-order chi connectivity index (χ1) is 35.5. The monoisotopic (exact) mass is 1040 g/mol. The Balaban J connectivity index is 0.000000312. The number of fused-ring (bicyclic) bond motifs is 8. The second kappa shape index (κ2) is 30.3. The molecule has 0 aliphatic carbocycles. The molecule has 0 saturated carbocycles. The number of para-hydroxylation sites is 2. The van der Waals surface area contributed by atoms with Gasteiger partial charge in [-0.05, 0) is 95.1 Å². The molecular formula is C64H78O4P2S2. The van der Waals surface area contributed by atoms with E-state index >= 15 is 0 Å². The first-order valence-electron chi connectivity index (χ1n) is 26.3. The molecular weight excluding hydrogens is 959 g/mol. The summed E-state index contributed by atoms with van der Waals surface area (Å²) in [6.07, 6.45) is 0. The summed E-state index contributed by atoms with van der Waals surface area (Å²) < 4.78 is 25.0. The van der Waals surface area contributed by atoms with Gasteiger partial charge in [0.15, 0.2) is 0 Å². The Kier molecular flexibility index (Phi) is 25.5. The molecule has 4 nitrogen and oxygen atoms in total. The average Bonchev–Trinajstić information content (AvgIpc) is 3.48. The summed E-state index contributed by atoms with van der Waals surface area (Å²) in [4.78, 5) is 0. The number of ether oxygens (including phenoxy) is 4. The Morgan fingerprint density at radius 2 is 0.486 bits per heavy atom. The largest absolute Gasteiger partial charge is 0.456 e. The Morgan fingerprint density at radius 1 is 0.236 bits per heavy atom. The third-order valence-corrected chi connectivity index (χ3v) is 20.4. The van der Waals surface area contributed by atoms with Crippen molar-refractivity contribution in [1.29, 1.82) is 0 Å². The summed E-state index contributed by atoms with van der Waals surface area (Å²) in [6, 6.07) is 57.2. The number of benzene rings is 8. The lowest BCUT2D eigenvalue weighted by atomic mass is 10.1. The highest BCUT2D eigenvalue weighted by molar-refractivity contribution is 8.26. The topological polar surface area (TPSA) is 36.9 Å². The van der Waals surface area contributed by atoms with Gasteiger partial charge in [0.25, 0.3) is 0 Å². The van der Waals surface area contributed by atoms with Crippen LogP contribution in [-0.4, -0.2) is 0 Å². The molecule has 4 heterocycles. The third-order valence-electron chi connectivity index (χ3n) is 10.7. The highest BCUT2D eigenvalue weighted by Gasteiger charge is 2.44. The average molecular weight is 1040 g/mol. The second-order valence-corrected chi connectivity index (χ2v) is 22.4. The Morgan fingerprint density at radius 3 is 0.806 bits per heavy atom. The van der Waals surface area contributed by atoms with Gasteiger partial charge in [0.2, 0.25) is 0 Å². The number of rotatable bonds is 2. The van der Waals surface area contributed by atoms with Gasteiger partial charge < -0.3 is 18.9 Å². The second-order valence-electron chi connectivity index (χ2n) is 13.9. The van der Waals surface area contributed by atoms with E-state index in [1.54, 1.807) is 0 Å². The van der Waals surface area contributed by atoms with Crippen LogP contribution in [0.5, 0.6) is 46.0 Å². The standard InChI is InChI=1S/C30H19O2PS.C18H11O2PS.8C2H6/c34-33-28-18-22(20-8-3-1-4-9-20)14-16-24(28)31-26-12-7-13-27(30(26)33)32-25-17-15-23(19-29(25)33)21-10-5-2-6-11-21;22-21-16-10-3-1-6-12(16)19-14-8-5-9-15(18(14)21)20-13-7-2-4-11-17(13)21;8*1-2/h1-19H;1-11H;8*1-2H3. The van der Waals surface area contributed by atoms with E-state index in [-0.39, 0.29) is 0 Å². The molecule has 0 spiro atoms. The minimum atomic E-state index is -2.43. The number of hydrogen-bond acceptors (Lipinski definition) is 6. The van der Waals surface area contributed by atoms with E-state index in [0.717, 1.165) is 100 Å². The van der Waals surface area contributed by atoms with E-state index in [4.69, 9.17) is 42.6 Å². The van der Waals surface area contributed by atoms with Crippen LogP contribution in [0.4, 0.5) is 0 Å². The molecule has 4 aliphatic rings. The fourth-order valence-electron chi connectivity index (χ4n) is 8.10. The van der Waals surface area contributed by atoms with E-state index in [2.05, 4.69) is 97.1 Å². The Labute approximate surface area is 444 Å². The van der Waals surface area contributed by atoms with Crippen molar-refractivity contribution in [3.63, 3.8) is 0 Å². The molecule has 0 aromatic heterocycles. The summed E-state index contributed by atoms with van der Waals surface area (Å²) in [5.74, 6) is 6.67. The van der Waals surface area contributed by atoms with E-state index in [0.29, 0.717) is 0 Å². The van der Waals surface area contributed by atoms with Gasteiger partial charge in [0.05, 0.1) is 22.7 Å². The lowest BCUT2D eigenvalue weighted by Gasteiger charge is -2.37. The first-order valence-corrected chi connectivity index (χ1v) is 31.9. The van der Waals surface area contributed by atoms with Crippen molar-refractivity contribution in [3.8, 4) is 68.2 Å². The summed E-state index contributed by atoms with van der Waals surface area (Å²) in [5, 5.41) is 6.45.